The van der Waals surface area contributed by atoms with E-state index in [2.05, 4.69) is 53.8 Å². The zero-order valence-corrected chi connectivity index (χ0v) is 26.0. The van der Waals surface area contributed by atoms with Gasteiger partial charge in [-0.1, -0.05) is 91.4 Å². The fourth-order valence-electron chi connectivity index (χ4n) is 7.10. The van der Waals surface area contributed by atoms with Gasteiger partial charge in [-0.15, -0.1) is 0 Å². The first-order valence-electron chi connectivity index (χ1n) is 15.9. The summed E-state index contributed by atoms with van der Waals surface area (Å²) in [5.41, 5.74) is -1.93. The first-order chi connectivity index (χ1) is 17.9. The maximum absolute atomic E-state index is 13.9. The number of ether oxygens (including phenoxy) is 2. The second-order valence-corrected chi connectivity index (χ2v) is 13.3. The molecule has 2 aliphatic rings. The van der Waals surface area contributed by atoms with Gasteiger partial charge in [-0.2, -0.15) is 0 Å². The van der Waals surface area contributed by atoms with Crippen LogP contribution in [0.2, 0.25) is 0 Å². The number of nitrogens with zero attached hydrogens (tertiary/aromatic N) is 1. The summed E-state index contributed by atoms with van der Waals surface area (Å²) in [6.07, 6.45) is 18.3. The molecule has 0 saturated carbocycles. The molecule has 2 rings (SSSR count). The van der Waals surface area contributed by atoms with E-state index in [1.54, 1.807) is 0 Å². The number of carbonyl (C=O) groups is 2. The third kappa shape index (κ3) is 9.50. The molecule has 2 aliphatic heterocycles. The molecule has 2 heterocycles. The molecule has 2 fully saturated rings. The van der Waals surface area contributed by atoms with Crippen molar-refractivity contribution in [2.75, 3.05) is 13.2 Å². The Morgan fingerprint density at radius 3 is 1.76 bits per heavy atom. The first-order valence-corrected chi connectivity index (χ1v) is 15.9. The van der Waals surface area contributed by atoms with Crippen molar-refractivity contribution in [1.29, 1.82) is 0 Å². The number of esters is 1. The van der Waals surface area contributed by atoms with Crippen molar-refractivity contribution in [3.8, 4) is 0 Å². The van der Waals surface area contributed by atoms with Crippen molar-refractivity contribution in [1.82, 2.24) is 10.2 Å². The summed E-state index contributed by atoms with van der Waals surface area (Å²) in [6.45, 7) is 15.8. The summed E-state index contributed by atoms with van der Waals surface area (Å²) in [5.74, 6) is -0.175. The Morgan fingerprint density at radius 2 is 1.29 bits per heavy atom. The number of amides is 1. The highest BCUT2D eigenvalue weighted by Gasteiger charge is 2.63. The highest BCUT2D eigenvalue weighted by molar-refractivity contribution is 5.88. The number of unbranched alkanes of at least 4 members (excludes halogenated alkanes) is 11. The van der Waals surface area contributed by atoms with Gasteiger partial charge in [-0.25, -0.2) is 0 Å². The van der Waals surface area contributed by atoms with E-state index < -0.39 is 11.3 Å². The van der Waals surface area contributed by atoms with Crippen LogP contribution in [-0.4, -0.2) is 52.3 Å². The minimum atomic E-state index is -0.844. The van der Waals surface area contributed by atoms with Crippen LogP contribution in [-0.2, 0) is 19.1 Å². The average molecular weight is 537 g/mol. The maximum Gasteiger partial charge on any atom is 0.307 e. The average Bonchev–Trinajstić information content (AvgIpc) is 3.05. The molecule has 0 atom stereocenters. The minimum absolute atomic E-state index is 0.0395. The minimum Gasteiger partial charge on any atom is -0.466 e. The number of rotatable bonds is 18. The largest absolute Gasteiger partial charge is 0.466 e. The predicted molar refractivity (Wildman–Crippen MR) is 156 cm³/mol. The summed E-state index contributed by atoms with van der Waals surface area (Å²) < 4.78 is 12.3. The molecule has 38 heavy (non-hydrogen) atoms. The molecular weight excluding hydrogens is 476 g/mol. The molecular formula is C32H60N2O4. The normalized spacial score (nSPS) is 21.2. The number of piperidine rings is 1. The van der Waals surface area contributed by atoms with E-state index in [1.807, 2.05) is 4.90 Å². The van der Waals surface area contributed by atoms with Crippen molar-refractivity contribution in [3.05, 3.63) is 0 Å². The monoisotopic (exact) mass is 536 g/mol. The zero-order chi connectivity index (χ0) is 28.3. The van der Waals surface area contributed by atoms with E-state index in [-0.39, 0.29) is 29.4 Å². The van der Waals surface area contributed by atoms with Gasteiger partial charge < -0.3 is 19.7 Å². The van der Waals surface area contributed by atoms with E-state index in [9.17, 15) is 9.59 Å². The molecule has 1 spiro atoms. The highest BCUT2D eigenvalue weighted by Crippen LogP contribution is 2.49. The number of carbonyl (C=O) groups excluding carboxylic acids is 2. The zero-order valence-electron chi connectivity index (χ0n) is 26.0. The topological polar surface area (TPSA) is 67.9 Å². The summed E-state index contributed by atoms with van der Waals surface area (Å²) in [6, 6.07) is 0. The highest BCUT2D eigenvalue weighted by atomic mass is 16.6. The Balaban J connectivity index is 1.72. The van der Waals surface area contributed by atoms with Gasteiger partial charge in [-0.05, 0) is 47.0 Å². The van der Waals surface area contributed by atoms with Crippen LogP contribution >= 0.6 is 0 Å². The fourth-order valence-corrected chi connectivity index (χ4v) is 7.10. The van der Waals surface area contributed by atoms with Crippen molar-refractivity contribution in [2.24, 2.45) is 0 Å². The smallest absolute Gasteiger partial charge is 0.307 e. The molecule has 6 heteroatoms. The Hall–Kier alpha value is -1.14. The lowest BCUT2D eigenvalue weighted by Gasteiger charge is -2.50. The van der Waals surface area contributed by atoms with E-state index in [1.165, 1.54) is 64.2 Å². The fraction of sp³-hybridized carbons (Fsp3) is 0.938. The molecule has 0 aromatic rings. The SMILES string of the molecule is CCCCCCCCCCCCCCOC(=O)CCN1C(=O)C2(CC(C)(C)NC(C)(C)C2)OC1(CC)CC. The maximum atomic E-state index is 13.9. The lowest BCUT2D eigenvalue weighted by Crippen LogP contribution is -2.65. The van der Waals surface area contributed by atoms with E-state index >= 15 is 0 Å². The number of hydrogen-bond acceptors (Lipinski definition) is 5. The van der Waals surface area contributed by atoms with Crippen molar-refractivity contribution in [2.45, 2.75) is 180 Å². The Kier molecular flexibility index (Phi) is 13.1. The van der Waals surface area contributed by atoms with Crippen LogP contribution in [0.15, 0.2) is 0 Å². The van der Waals surface area contributed by atoms with Gasteiger partial charge in [-0.3, -0.25) is 9.59 Å². The molecule has 2 saturated heterocycles. The van der Waals surface area contributed by atoms with Gasteiger partial charge in [0.1, 0.15) is 5.72 Å². The van der Waals surface area contributed by atoms with Crippen LogP contribution in [0.1, 0.15) is 158 Å². The van der Waals surface area contributed by atoms with Crippen LogP contribution in [0.3, 0.4) is 0 Å². The Bertz CT molecular complexity index is 713. The lowest BCUT2D eigenvalue weighted by atomic mass is 9.72. The molecule has 0 unspecified atom stereocenters. The van der Waals surface area contributed by atoms with Crippen molar-refractivity contribution >= 4 is 11.9 Å². The van der Waals surface area contributed by atoms with Gasteiger partial charge in [0.2, 0.25) is 0 Å². The molecule has 0 aromatic heterocycles. The van der Waals surface area contributed by atoms with Crippen molar-refractivity contribution < 1.29 is 19.1 Å². The summed E-state index contributed by atoms with van der Waals surface area (Å²) in [4.78, 5) is 28.3. The van der Waals surface area contributed by atoms with Crippen LogP contribution in [0.4, 0.5) is 0 Å². The van der Waals surface area contributed by atoms with Gasteiger partial charge in [0.25, 0.3) is 5.91 Å². The van der Waals surface area contributed by atoms with Gasteiger partial charge in [0.15, 0.2) is 5.60 Å². The summed E-state index contributed by atoms with van der Waals surface area (Å²) in [5, 5.41) is 3.67. The second kappa shape index (κ2) is 15.0. The third-order valence-electron chi connectivity index (χ3n) is 8.55. The molecule has 0 radical (unpaired) electrons. The van der Waals surface area contributed by atoms with Gasteiger partial charge >= 0.3 is 5.97 Å². The first kappa shape index (κ1) is 33.1. The summed E-state index contributed by atoms with van der Waals surface area (Å²) in [7, 11) is 0. The second-order valence-electron chi connectivity index (χ2n) is 13.3. The molecule has 0 bridgehead atoms. The number of nitrogens with one attached hydrogen (secondary N) is 1. The van der Waals surface area contributed by atoms with Gasteiger partial charge in [0, 0.05) is 30.5 Å². The molecule has 1 N–H and O–H groups in total. The van der Waals surface area contributed by atoms with E-state index in [0.717, 1.165) is 12.8 Å². The van der Waals surface area contributed by atoms with Crippen LogP contribution in [0.5, 0.6) is 0 Å². The van der Waals surface area contributed by atoms with Gasteiger partial charge in [0.05, 0.1) is 13.0 Å². The predicted octanol–water partition coefficient (Wildman–Crippen LogP) is 7.68. The summed E-state index contributed by atoms with van der Waals surface area (Å²) >= 11 is 0. The van der Waals surface area contributed by atoms with Crippen LogP contribution in [0.25, 0.3) is 0 Å². The molecule has 0 aromatic carbocycles. The Labute approximate surface area is 234 Å². The van der Waals surface area contributed by atoms with Crippen molar-refractivity contribution in [3.63, 3.8) is 0 Å². The quantitative estimate of drug-likeness (QED) is 0.144. The molecule has 6 nitrogen and oxygen atoms in total. The van der Waals surface area contributed by atoms with Crippen LogP contribution < -0.4 is 5.32 Å². The number of hydrogen-bond donors (Lipinski definition) is 1. The third-order valence-corrected chi connectivity index (χ3v) is 8.55. The Morgan fingerprint density at radius 1 is 0.816 bits per heavy atom. The van der Waals surface area contributed by atoms with E-state index in [0.29, 0.717) is 38.8 Å². The van der Waals surface area contributed by atoms with E-state index in [4.69, 9.17) is 9.47 Å². The molecule has 0 aliphatic carbocycles. The lowest BCUT2D eigenvalue weighted by molar-refractivity contribution is -0.172. The molecule has 222 valence electrons. The standard InChI is InChI=1S/C32H60N2O4/c1-8-11-12-13-14-15-16-17-18-19-20-21-24-37-27(35)22-23-34-28(36)31(38-32(34,9-2)10-3)25-29(4,5)33-30(6,7)26-31/h33H,8-26H2,1-7H3. The molecule has 1 amide bonds. The van der Waals surface area contributed by atoms with Crippen LogP contribution in [0, 0.1) is 0 Å².